The molecule has 0 saturated carbocycles. The van der Waals surface area contributed by atoms with Gasteiger partial charge in [-0.2, -0.15) is 0 Å². The first-order valence-corrected chi connectivity index (χ1v) is 10.1. The molecule has 4 rings (SSSR count). The van der Waals surface area contributed by atoms with Crippen molar-refractivity contribution in [2.75, 3.05) is 0 Å². The van der Waals surface area contributed by atoms with E-state index in [0.29, 0.717) is 12.1 Å². The van der Waals surface area contributed by atoms with Crippen molar-refractivity contribution in [1.82, 2.24) is 15.3 Å². The summed E-state index contributed by atoms with van der Waals surface area (Å²) < 4.78 is 0. The number of amides is 1. The van der Waals surface area contributed by atoms with E-state index in [4.69, 9.17) is 0 Å². The van der Waals surface area contributed by atoms with Gasteiger partial charge in [0.25, 0.3) is 5.91 Å². The summed E-state index contributed by atoms with van der Waals surface area (Å²) in [5, 5.41) is 5.89. The molecule has 2 aromatic heterocycles. The quantitative estimate of drug-likeness (QED) is 0.365. The predicted octanol–water partition coefficient (Wildman–Crippen LogP) is 5.06. The zero-order valence-electron chi connectivity index (χ0n) is 15.7. The summed E-state index contributed by atoms with van der Waals surface area (Å²) in [5.41, 5.74) is 4.35. The van der Waals surface area contributed by atoms with Crippen LogP contribution in [0.2, 0.25) is 0 Å². The Labute approximate surface area is 173 Å². The monoisotopic (exact) mass is 397 g/mol. The topological polar surface area (TPSA) is 54.9 Å². The van der Waals surface area contributed by atoms with Crippen molar-refractivity contribution in [3.8, 4) is 10.6 Å². The molecule has 0 unspecified atom stereocenters. The molecule has 5 heteroatoms. The number of carbonyl (C=O) groups excluding carboxylic acids is 1. The molecule has 0 atom stereocenters. The van der Waals surface area contributed by atoms with Crippen LogP contribution in [0.4, 0.5) is 0 Å². The van der Waals surface area contributed by atoms with E-state index in [1.54, 1.807) is 23.7 Å². The zero-order valence-corrected chi connectivity index (χ0v) is 16.5. The van der Waals surface area contributed by atoms with Crippen LogP contribution in [0.15, 0.2) is 90.6 Å². The van der Waals surface area contributed by atoms with E-state index in [0.717, 1.165) is 27.4 Å². The van der Waals surface area contributed by atoms with Gasteiger partial charge in [0, 0.05) is 28.9 Å². The highest BCUT2D eigenvalue weighted by atomic mass is 32.1. The molecule has 0 fully saturated rings. The van der Waals surface area contributed by atoms with Crippen molar-refractivity contribution < 1.29 is 4.79 Å². The molecule has 0 aliphatic carbocycles. The summed E-state index contributed by atoms with van der Waals surface area (Å²) in [7, 11) is 0. The number of nitrogens with one attached hydrogen (secondary N) is 1. The molecular formula is C24H19N3OS. The van der Waals surface area contributed by atoms with Gasteiger partial charge in [-0.3, -0.25) is 9.78 Å². The first-order chi connectivity index (χ1) is 14.3. The summed E-state index contributed by atoms with van der Waals surface area (Å²) in [6, 6.07) is 23.4. The van der Waals surface area contributed by atoms with Gasteiger partial charge in [-0.05, 0) is 29.3 Å². The summed E-state index contributed by atoms with van der Waals surface area (Å²) >= 11 is 1.56. The Bertz CT molecular complexity index is 1110. The third-order valence-corrected chi connectivity index (χ3v) is 5.29. The van der Waals surface area contributed by atoms with Crippen LogP contribution in [0.5, 0.6) is 0 Å². The number of hydrogen-bond acceptors (Lipinski definition) is 4. The number of nitrogens with zero attached hydrogens (tertiary/aromatic N) is 2. The highest BCUT2D eigenvalue weighted by Crippen LogP contribution is 2.23. The number of rotatable bonds is 6. The minimum Gasteiger partial charge on any atom is -0.346 e. The smallest absolute Gasteiger partial charge is 0.252 e. The van der Waals surface area contributed by atoms with Gasteiger partial charge in [-0.1, -0.05) is 60.7 Å². The molecule has 4 aromatic rings. The Balaban J connectivity index is 1.52. The van der Waals surface area contributed by atoms with Gasteiger partial charge in [0.05, 0.1) is 12.2 Å². The van der Waals surface area contributed by atoms with Crippen molar-refractivity contribution >= 4 is 28.9 Å². The Morgan fingerprint density at radius 3 is 2.34 bits per heavy atom. The number of aromatic nitrogens is 2. The molecule has 1 N–H and O–H groups in total. The largest absolute Gasteiger partial charge is 0.346 e. The molecule has 1 amide bonds. The first-order valence-electron chi connectivity index (χ1n) is 9.25. The molecule has 0 saturated heterocycles. The molecule has 4 nitrogen and oxygen atoms in total. The maximum Gasteiger partial charge on any atom is 0.252 e. The fourth-order valence-electron chi connectivity index (χ4n) is 2.89. The van der Waals surface area contributed by atoms with Gasteiger partial charge in [0.1, 0.15) is 5.01 Å². The van der Waals surface area contributed by atoms with Crippen LogP contribution < -0.4 is 5.32 Å². The molecular weight excluding hydrogens is 378 g/mol. The second-order valence-electron chi connectivity index (χ2n) is 6.40. The lowest BCUT2D eigenvalue weighted by atomic mass is 10.0. The minimum atomic E-state index is -0.126. The van der Waals surface area contributed by atoms with Crippen molar-refractivity contribution in [2.45, 2.75) is 6.54 Å². The maximum atomic E-state index is 13.0. The number of hydrogen-bond donors (Lipinski definition) is 1. The van der Waals surface area contributed by atoms with Crippen molar-refractivity contribution in [2.24, 2.45) is 0 Å². The number of pyridine rings is 1. The van der Waals surface area contributed by atoms with Gasteiger partial charge in [0.2, 0.25) is 0 Å². The SMILES string of the molecule is O=C(NCc1csc(-c2ccncc2)n1)/C(=C\c1ccccc1)c1ccccc1. The summed E-state index contributed by atoms with van der Waals surface area (Å²) in [4.78, 5) is 21.6. The average Bonchev–Trinajstić information content (AvgIpc) is 3.27. The van der Waals surface area contributed by atoms with Crippen LogP contribution in [0.25, 0.3) is 22.2 Å². The van der Waals surface area contributed by atoms with Crippen LogP contribution in [-0.4, -0.2) is 15.9 Å². The van der Waals surface area contributed by atoms with Crippen LogP contribution >= 0.6 is 11.3 Å². The summed E-state index contributed by atoms with van der Waals surface area (Å²) in [6.07, 6.45) is 5.41. The van der Waals surface area contributed by atoms with Crippen LogP contribution in [0, 0.1) is 0 Å². The summed E-state index contributed by atoms with van der Waals surface area (Å²) in [5.74, 6) is -0.126. The van der Waals surface area contributed by atoms with E-state index in [2.05, 4.69) is 15.3 Å². The fourth-order valence-corrected chi connectivity index (χ4v) is 3.72. The Morgan fingerprint density at radius 1 is 0.931 bits per heavy atom. The molecule has 2 aromatic carbocycles. The standard InChI is InChI=1S/C24H19N3OS/c28-23(26-16-21-17-29-24(27-21)20-11-13-25-14-12-20)22(19-9-5-2-6-10-19)15-18-7-3-1-4-8-18/h1-15,17H,16H2,(H,26,28)/b22-15-. The van der Waals surface area contributed by atoms with Crippen LogP contribution in [0.1, 0.15) is 16.8 Å². The number of thiazole rings is 1. The van der Waals surface area contributed by atoms with E-state index in [9.17, 15) is 4.79 Å². The first kappa shape index (κ1) is 18.8. The van der Waals surface area contributed by atoms with Crippen LogP contribution in [0.3, 0.4) is 0 Å². The molecule has 2 heterocycles. The molecule has 0 aliphatic heterocycles. The lowest BCUT2D eigenvalue weighted by molar-refractivity contribution is -0.115. The van der Waals surface area contributed by atoms with Crippen molar-refractivity contribution in [3.05, 3.63) is 107 Å². The summed E-state index contributed by atoms with van der Waals surface area (Å²) in [6.45, 7) is 0.374. The molecule has 0 bridgehead atoms. The van der Waals surface area contributed by atoms with Gasteiger partial charge in [-0.15, -0.1) is 11.3 Å². The number of benzene rings is 2. The highest BCUT2D eigenvalue weighted by molar-refractivity contribution is 7.13. The lowest BCUT2D eigenvalue weighted by Crippen LogP contribution is -2.24. The van der Waals surface area contributed by atoms with Crippen molar-refractivity contribution in [1.29, 1.82) is 0 Å². The molecule has 142 valence electrons. The Hall–Kier alpha value is -3.57. The van der Waals surface area contributed by atoms with Crippen LogP contribution in [-0.2, 0) is 11.3 Å². The lowest BCUT2D eigenvalue weighted by Gasteiger charge is -2.09. The van der Waals surface area contributed by atoms with Crippen molar-refractivity contribution in [3.63, 3.8) is 0 Å². The fraction of sp³-hybridized carbons (Fsp3) is 0.0417. The van der Waals surface area contributed by atoms with E-state index in [1.807, 2.05) is 84.3 Å². The predicted molar refractivity (Wildman–Crippen MR) is 118 cm³/mol. The van der Waals surface area contributed by atoms with E-state index >= 15 is 0 Å². The van der Waals surface area contributed by atoms with E-state index < -0.39 is 0 Å². The third kappa shape index (κ3) is 4.83. The number of carbonyl (C=O) groups is 1. The van der Waals surface area contributed by atoms with Gasteiger partial charge < -0.3 is 5.32 Å². The normalized spacial score (nSPS) is 11.2. The van der Waals surface area contributed by atoms with Gasteiger partial charge in [-0.25, -0.2) is 4.98 Å². The Kier molecular flexibility index (Phi) is 5.88. The van der Waals surface area contributed by atoms with E-state index in [1.165, 1.54) is 0 Å². The molecule has 0 spiro atoms. The second-order valence-corrected chi connectivity index (χ2v) is 7.26. The van der Waals surface area contributed by atoms with Gasteiger partial charge >= 0.3 is 0 Å². The minimum absolute atomic E-state index is 0.126. The zero-order chi connectivity index (χ0) is 19.9. The average molecular weight is 398 g/mol. The van der Waals surface area contributed by atoms with Gasteiger partial charge in [0.15, 0.2) is 0 Å². The molecule has 0 radical (unpaired) electrons. The van der Waals surface area contributed by atoms with E-state index in [-0.39, 0.29) is 5.91 Å². The Morgan fingerprint density at radius 2 is 1.62 bits per heavy atom. The second kappa shape index (κ2) is 9.08. The third-order valence-electron chi connectivity index (χ3n) is 4.35. The molecule has 29 heavy (non-hydrogen) atoms. The maximum absolute atomic E-state index is 13.0. The highest BCUT2D eigenvalue weighted by Gasteiger charge is 2.13. The molecule has 0 aliphatic rings.